The van der Waals surface area contributed by atoms with E-state index in [9.17, 15) is 0 Å². The molecule has 0 atom stereocenters. The Labute approximate surface area is 174 Å². The van der Waals surface area contributed by atoms with Gasteiger partial charge in [0.15, 0.2) is 0 Å². The van der Waals surface area contributed by atoms with Gasteiger partial charge in [0.25, 0.3) is 0 Å². The fraction of sp³-hybridized carbons (Fsp3) is 0.217. The maximum Gasteiger partial charge on any atom is 0.0718 e. The molecule has 4 heterocycles. The zero-order chi connectivity index (χ0) is 19.6. The van der Waals surface area contributed by atoms with Gasteiger partial charge in [-0.3, -0.25) is 14.9 Å². The molecule has 4 aromatic rings. The molecule has 1 aliphatic rings. The van der Waals surface area contributed by atoms with Gasteiger partial charge in [0.05, 0.1) is 36.3 Å². The molecule has 0 aliphatic carbocycles. The maximum atomic E-state index is 6.10. The van der Waals surface area contributed by atoms with E-state index in [2.05, 4.69) is 32.7 Å². The molecule has 0 unspecified atom stereocenters. The van der Waals surface area contributed by atoms with Crippen molar-refractivity contribution in [3.05, 3.63) is 77.8 Å². The highest BCUT2D eigenvalue weighted by molar-refractivity contribution is 6.30. The largest absolute Gasteiger partial charge is 0.379 e. The van der Waals surface area contributed by atoms with Crippen molar-refractivity contribution in [3.63, 3.8) is 0 Å². The van der Waals surface area contributed by atoms with Crippen molar-refractivity contribution >= 4 is 22.5 Å². The average molecular weight is 405 g/mol. The number of aromatic nitrogens is 3. The fourth-order valence-electron chi connectivity index (χ4n) is 3.79. The molecule has 5 rings (SSSR count). The second kappa shape index (κ2) is 7.95. The Bertz CT molecular complexity index is 1120. The van der Waals surface area contributed by atoms with Crippen LogP contribution in [0.3, 0.4) is 0 Å². The standard InChI is InChI=1S/C23H21ClN4O/c24-19-2-5-21(6-3-19)28-22(13-17-7-8-25-15-23(17)28)18-1-4-20(26-14-18)16-27-9-11-29-12-10-27/h1-8,13-15H,9-12,16H2. The number of halogens is 1. The van der Waals surface area contributed by atoms with Crippen LogP contribution in [-0.4, -0.2) is 45.7 Å². The van der Waals surface area contributed by atoms with E-state index in [-0.39, 0.29) is 0 Å². The van der Waals surface area contributed by atoms with Gasteiger partial charge in [-0.25, -0.2) is 0 Å². The number of ether oxygens (including phenoxy) is 1. The van der Waals surface area contributed by atoms with Crippen molar-refractivity contribution in [2.45, 2.75) is 6.54 Å². The summed E-state index contributed by atoms with van der Waals surface area (Å²) in [4.78, 5) is 11.4. The minimum atomic E-state index is 0.721. The summed E-state index contributed by atoms with van der Waals surface area (Å²) in [6.07, 6.45) is 5.68. The third-order valence-corrected chi connectivity index (χ3v) is 5.55. The van der Waals surface area contributed by atoms with Crippen LogP contribution in [0.2, 0.25) is 5.02 Å². The SMILES string of the molecule is Clc1ccc(-n2c(-c3ccc(CN4CCOCC4)nc3)cc3ccncc32)cc1. The molecule has 0 bridgehead atoms. The molecule has 1 saturated heterocycles. The lowest BCUT2D eigenvalue weighted by Crippen LogP contribution is -2.35. The first-order valence-corrected chi connectivity index (χ1v) is 10.1. The molecule has 0 N–H and O–H groups in total. The summed E-state index contributed by atoms with van der Waals surface area (Å²) in [5.74, 6) is 0. The molecule has 6 heteroatoms. The lowest BCUT2D eigenvalue weighted by atomic mass is 10.1. The lowest BCUT2D eigenvalue weighted by molar-refractivity contribution is 0.0336. The van der Waals surface area contributed by atoms with E-state index in [1.165, 1.54) is 0 Å². The summed E-state index contributed by atoms with van der Waals surface area (Å²) in [5, 5.41) is 1.86. The summed E-state index contributed by atoms with van der Waals surface area (Å²) in [6, 6.07) is 16.4. The second-order valence-electron chi connectivity index (χ2n) is 7.20. The van der Waals surface area contributed by atoms with E-state index in [1.807, 2.05) is 48.9 Å². The Morgan fingerprint density at radius 3 is 2.55 bits per heavy atom. The number of hydrogen-bond acceptors (Lipinski definition) is 4. The molecular formula is C23H21ClN4O. The number of hydrogen-bond donors (Lipinski definition) is 0. The van der Waals surface area contributed by atoms with E-state index in [0.717, 1.165) is 71.4 Å². The van der Waals surface area contributed by atoms with E-state index in [4.69, 9.17) is 21.3 Å². The zero-order valence-electron chi connectivity index (χ0n) is 16.0. The van der Waals surface area contributed by atoms with Gasteiger partial charge in [-0.05, 0) is 48.5 Å². The number of benzene rings is 1. The molecule has 3 aromatic heterocycles. The Balaban J connectivity index is 1.52. The minimum absolute atomic E-state index is 0.721. The van der Waals surface area contributed by atoms with Crippen LogP contribution in [-0.2, 0) is 11.3 Å². The number of fused-ring (bicyclic) bond motifs is 1. The van der Waals surface area contributed by atoms with Crippen LogP contribution in [0, 0.1) is 0 Å². The van der Waals surface area contributed by atoms with Crippen LogP contribution in [0.5, 0.6) is 0 Å². The molecule has 1 aliphatic heterocycles. The van der Waals surface area contributed by atoms with E-state index >= 15 is 0 Å². The normalized spacial score (nSPS) is 15.1. The van der Waals surface area contributed by atoms with Crippen molar-refractivity contribution in [1.29, 1.82) is 0 Å². The van der Waals surface area contributed by atoms with Gasteiger partial charge in [-0.1, -0.05) is 11.6 Å². The van der Waals surface area contributed by atoms with Crippen LogP contribution in [0.25, 0.3) is 27.8 Å². The van der Waals surface area contributed by atoms with Gasteiger partial charge >= 0.3 is 0 Å². The van der Waals surface area contributed by atoms with Crippen LogP contribution < -0.4 is 0 Å². The predicted molar refractivity (Wildman–Crippen MR) is 115 cm³/mol. The molecule has 0 radical (unpaired) electrons. The van der Waals surface area contributed by atoms with Crippen molar-refractivity contribution in [2.75, 3.05) is 26.3 Å². The first kappa shape index (κ1) is 18.3. The average Bonchev–Trinajstić information content (AvgIpc) is 3.15. The van der Waals surface area contributed by atoms with Gasteiger partial charge in [0.1, 0.15) is 0 Å². The van der Waals surface area contributed by atoms with Crippen molar-refractivity contribution < 1.29 is 4.74 Å². The Hall–Kier alpha value is -2.73. The molecule has 0 amide bonds. The van der Waals surface area contributed by atoms with Gasteiger partial charge in [-0.2, -0.15) is 0 Å². The van der Waals surface area contributed by atoms with Gasteiger partial charge in [-0.15, -0.1) is 0 Å². The highest BCUT2D eigenvalue weighted by Crippen LogP contribution is 2.31. The monoisotopic (exact) mass is 404 g/mol. The summed E-state index contributed by atoms with van der Waals surface area (Å²) < 4.78 is 7.63. The second-order valence-corrected chi connectivity index (χ2v) is 7.64. The Morgan fingerprint density at radius 1 is 0.966 bits per heavy atom. The number of morpholine rings is 1. The molecule has 0 saturated carbocycles. The highest BCUT2D eigenvalue weighted by Gasteiger charge is 2.14. The fourth-order valence-corrected chi connectivity index (χ4v) is 3.91. The molecule has 5 nitrogen and oxygen atoms in total. The smallest absolute Gasteiger partial charge is 0.0718 e. The Morgan fingerprint density at radius 2 is 1.79 bits per heavy atom. The van der Waals surface area contributed by atoms with Crippen molar-refractivity contribution in [1.82, 2.24) is 19.4 Å². The number of pyridine rings is 2. The third kappa shape index (κ3) is 3.77. The van der Waals surface area contributed by atoms with Crippen LogP contribution in [0.4, 0.5) is 0 Å². The van der Waals surface area contributed by atoms with E-state index < -0.39 is 0 Å². The topological polar surface area (TPSA) is 43.2 Å². The van der Waals surface area contributed by atoms with E-state index in [1.54, 1.807) is 0 Å². The van der Waals surface area contributed by atoms with Crippen LogP contribution in [0.15, 0.2) is 67.1 Å². The highest BCUT2D eigenvalue weighted by atomic mass is 35.5. The first-order valence-electron chi connectivity index (χ1n) is 9.75. The quantitative estimate of drug-likeness (QED) is 0.499. The summed E-state index contributed by atoms with van der Waals surface area (Å²) >= 11 is 6.10. The summed E-state index contributed by atoms with van der Waals surface area (Å²) in [6.45, 7) is 4.37. The summed E-state index contributed by atoms with van der Waals surface area (Å²) in [7, 11) is 0. The summed E-state index contributed by atoms with van der Waals surface area (Å²) in [5.41, 5.74) is 5.33. The number of nitrogens with zero attached hydrogens (tertiary/aromatic N) is 4. The number of rotatable bonds is 4. The predicted octanol–water partition coefficient (Wildman–Crippen LogP) is 4.57. The Kier molecular flexibility index (Phi) is 5.02. The van der Waals surface area contributed by atoms with Gasteiger partial charge < -0.3 is 9.30 Å². The molecule has 0 spiro atoms. The minimum Gasteiger partial charge on any atom is -0.379 e. The molecular weight excluding hydrogens is 384 g/mol. The van der Waals surface area contributed by atoms with Crippen molar-refractivity contribution in [2.24, 2.45) is 0 Å². The lowest BCUT2D eigenvalue weighted by Gasteiger charge is -2.26. The van der Waals surface area contributed by atoms with Crippen LogP contribution in [0.1, 0.15) is 5.69 Å². The molecule has 1 aromatic carbocycles. The van der Waals surface area contributed by atoms with Gasteiger partial charge in [0.2, 0.25) is 0 Å². The van der Waals surface area contributed by atoms with Crippen molar-refractivity contribution in [3.8, 4) is 16.9 Å². The first-order chi connectivity index (χ1) is 14.3. The third-order valence-electron chi connectivity index (χ3n) is 5.30. The van der Waals surface area contributed by atoms with Crippen LogP contribution >= 0.6 is 11.6 Å². The molecule has 1 fully saturated rings. The molecule has 29 heavy (non-hydrogen) atoms. The van der Waals surface area contributed by atoms with E-state index in [0.29, 0.717) is 0 Å². The maximum absolute atomic E-state index is 6.10. The zero-order valence-corrected chi connectivity index (χ0v) is 16.7. The molecule has 146 valence electrons. The van der Waals surface area contributed by atoms with Gasteiger partial charge in [0, 0.05) is 53.7 Å².